The van der Waals surface area contributed by atoms with Gasteiger partial charge >= 0.3 is 0 Å². The Bertz CT molecular complexity index is 706. The molecular formula is C19H22BrNO4. The third-order valence-electron chi connectivity index (χ3n) is 3.29. The van der Waals surface area contributed by atoms with Crippen molar-refractivity contribution in [2.24, 2.45) is 0 Å². The Labute approximate surface area is 156 Å². The third kappa shape index (κ3) is 4.89. The zero-order valence-corrected chi connectivity index (χ0v) is 16.2. The molecule has 0 fully saturated rings. The fourth-order valence-corrected chi connectivity index (χ4v) is 2.66. The van der Waals surface area contributed by atoms with Gasteiger partial charge in [-0.3, -0.25) is 4.79 Å². The summed E-state index contributed by atoms with van der Waals surface area (Å²) in [7, 11) is 0. The van der Waals surface area contributed by atoms with Gasteiger partial charge in [-0.1, -0.05) is 12.1 Å². The molecule has 0 unspecified atom stereocenters. The topological polar surface area (TPSA) is 56.8 Å². The number of halogens is 1. The molecule has 0 saturated carbocycles. The van der Waals surface area contributed by atoms with E-state index in [1.807, 2.05) is 45.0 Å². The van der Waals surface area contributed by atoms with Crippen molar-refractivity contribution in [1.29, 1.82) is 0 Å². The summed E-state index contributed by atoms with van der Waals surface area (Å²) in [4.78, 5) is 12.7. The number of rotatable bonds is 8. The van der Waals surface area contributed by atoms with Crippen molar-refractivity contribution in [1.82, 2.24) is 0 Å². The largest absolute Gasteiger partial charge is 0.490 e. The van der Waals surface area contributed by atoms with E-state index >= 15 is 0 Å². The van der Waals surface area contributed by atoms with E-state index in [-0.39, 0.29) is 5.91 Å². The summed E-state index contributed by atoms with van der Waals surface area (Å²) < 4.78 is 17.8. The molecule has 25 heavy (non-hydrogen) atoms. The number of anilines is 1. The minimum atomic E-state index is -0.253. The maximum Gasteiger partial charge on any atom is 0.255 e. The molecule has 0 aliphatic rings. The summed E-state index contributed by atoms with van der Waals surface area (Å²) in [6.45, 7) is 7.04. The smallest absolute Gasteiger partial charge is 0.255 e. The normalized spacial score (nSPS) is 10.2. The van der Waals surface area contributed by atoms with Gasteiger partial charge in [0.2, 0.25) is 5.75 Å². The van der Waals surface area contributed by atoms with Crippen LogP contribution >= 0.6 is 15.9 Å². The number of benzene rings is 2. The summed E-state index contributed by atoms with van der Waals surface area (Å²) in [5.74, 6) is 1.25. The van der Waals surface area contributed by atoms with Crippen LogP contribution in [0.25, 0.3) is 0 Å². The SMILES string of the molecule is CCOc1cc(C(=O)Nc2ccccc2Br)cc(OCC)c1OCC. The van der Waals surface area contributed by atoms with Crippen LogP contribution in [0.5, 0.6) is 17.2 Å². The Kier molecular flexibility index (Phi) is 7.13. The van der Waals surface area contributed by atoms with Gasteiger partial charge in [0.1, 0.15) is 0 Å². The molecule has 0 aliphatic heterocycles. The molecule has 0 radical (unpaired) electrons. The van der Waals surface area contributed by atoms with E-state index in [1.54, 1.807) is 12.1 Å². The van der Waals surface area contributed by atoms with E-state index in [1.165, 1.54) is 0 Å². The number of nitrogens with one attached hydrogen (secondary N) is 1. The Morgan fingerprint density at radius 1 is 0.960 bits per heavy atom. The molecule has 1 amide bonds. The highest BCUT2D eigenvalue weighted by Gasteiger charge is 2.18. The lowest BCUT2D eigenvalue weighted by Crippen LogP contribution is -2.13. The van der Waals surface area contributed by atoms with E-state index in [0.29, 0.717) is 48.3 Å². The maximum absolute atomic E-state index is 12.7. The first-order chi connectivity index (χ1) is 12.1. The van der Waals surface area contributed by atoms with E-state index in [2.05, 4.69) is 21.2 Å². The van der Waals surface area contributed by atoms with Crippen LogP contribution in [-0.2, 0) is 0 Å². The van der Waals surface area contributed by atoms with Crippen molar-refractivity contribution < 1.29 is 19.0 Å². The zero-order valence-electron chi connectivity index (χ0n) is 14.6. The van der Waals surface area contributed by atoms with Gasteiger partial charge in [-0.05, 0) is 61.0 Å². The highest BCUT2D eigenvalue weighted by atomic mass is 79.9. The molecule has 0 atom stereocenters. The first kappa shape index (κ1) is 19.1. The Morgan fingerprint density at radius 3 is 2.04 bits per heavy atom. The van der Waals surface area contributed by atoms with E-state index < -0.39 is 0 Å². The Hall–Kier alpha value is -2.21. The highest BCUT2D eigenvalue weighted by molar-refractivity contribution is 9.10. The quantitative estimate of drug-likeness (QED) is 0.675. The maximum atomic E-state index is 12.7. The van der Waals surface area contributed by atoms with Crippen LogP contribution in [0, 0.1) is 0 Å². The molecule has 0 heterocycles. The van der Waals surface area contributed by atoms with Crippen LogP contribution in [0.4, 0.5) is 5.69 Å². The molecule has 0 bridgehead atoms. The molecular weight excluding hydrogens is 386 g/mol. The molecule has 0 saturated heterocycles. The van der Waals surface area contributed by atoms with Gasteiger partial charge in [0.15, 0.2) is 11.5 Å². The van der Waals surface area contributed by atoms with Crippen LogP contribution in [0.15, 0.2) is 40.9 Å². The van der Waals surface area contributed by atoms with Crippen molar-refractivity contribution in [2.75, 3.05) is 25.1 Å². The van der Waals surface area contributed by atoms with E-state index in [4.69, 9.17) is 14.2 Å². The van der Waals surface area contributed by atoms with Gasteiger partial charge < -0.3 is 19.5 Å². The number of carbonyl (C=O) groups excluding carboxylic acids is 1. The number of hydrogen-bond donors (Lipinski definition) is 1. The predicted molar refractivity (Wildman–Crippen MR) is 102 cm³/mol. The molecule has 2 aromatic rings. The molecule has 2 aromatic carbocycles. The molecule has 0 spiro atoms. The number of hydrogen-bond acceptors (Lipinski definition) is 4. The van der Waals surface area contributed by atoms with Crippen molar-refractivity contribution >= 4 is 27.5 Å². The average Bonchev–Trinajstić information content (AvgIpc) is 2.60. The summed E-state index contributed by atoms with van der Waals surface area (Å²) in [6, 6.07) is 10.8. The van der Waals surface area contributed by atoms with Crippen molar-refractivity contribution in [3.05, 3.63) is 46.4 Å². The Morgan fingerprint density at radius 2 is 1.52 bits per heavy atom. The standard InChI is InChI=1S/C19H22BrNO4/c1-4-23-16-11-13(12-17(24-5-2)18(16)25-6-3)19(22)21-15-10-8-7-9-14(15)20/h7-12H,4-6H2,1-3H3,(H,21,22). The van der Waals surface area contributed by atoms with Gasteiger partial charge in [0.05, 0.1) is 25.5 Å². The summed E-state index contributed by atoms with van der Waals surface area (Å²) in [5, 5.41) is 2.88. The predicted octanol–water partition coefficient (Wildman–Crippen LogP) is 4.90. The average molecular weight is 408 g/mol. The monoisotopic (exact) mass is 407 g/mol. The third-order valence-corrected chi connectivity index (χ3v) is 3.98. The second-order valence-corrected chi connectivity index (χ2v) is 5.89. The molecule has 134 valence electrons. The minimum absolute atomic E-state index is 0.253. The number of carbonyl (C=O) groups is 1. The van der Waals surface area contributed by atoms with E-state index in [0.717, 1.165) is 4.47 Å². The second-order valence-electron chi connectivity index (χ2n) is 5.03. The highest BCUT2D eigenvalue weighted by Crippen LogP contribution is 2.39. The molecule has 6 heteroatoms. The molecule has 0 aromatic heterocycles. The van der Waals surface area contributed by atoms with Crippen LogP contribution < -0.4 is 19.5 Å². The molecule has 5 nitrogen and oxygen atoms in total. The summed E-state index contributed by atoms with van der Waals surface area (Å²) >= 11 is 3.42. The van der Waals surface area contributed by atoms with E-state index in [9.17, 15) is 4.79 Å². The number of ether oxygens (including phenoxy) is 3. The van der Waals surface area contributed by atoms with Crippen molar-refractivity contribution in [3.8, 4) is 17.2 Å². The van der Waals surface area contributed by atoms with Crippen LogP contribution in [-0.4, -0.2) is 25.7 Å². The first-order valence-electron chi connectivity index (χ1n) is 8.22. The van der Waals surface area contributed by atoms with Crippen LogP contribution in [0.1, 0.15) is 31.1 Å². The van der Waals surface area contributed by atoms with Crippen LogP contribution in [0.3, 0.4) is 0 Å². The number of amides is 1. The van der Waals surface area contributed by atoms with Gasteiger partial charge in [0.25, 0.3) is 5.91 Å². The lowest BCUT2D eigenvalue weighted by atomic mass is 10.1. The lowest BCUT2D eigenvalue weighted by molar-refractivity contribution is 0.102. The molecule has 1 N–H and O–H groups in total. The zero-order chi connectivity index (χ0) is 18.2. The lowest BCUT2D eigenvalue weighted by Gasteiger charge is -2.17. The van der Waals surface area contributed by atoms with Gasteiger partial charge in [-0.25, -0.2) is 0 Å². The summed E-state index contributed by atoms with van der Waals surface area (Å²) in [6.07, 6.45) is 0. The fraction of sp³-hybridized carbons (Fsp3) is 0.316. The summed E-state index contributed by atoms with van der Waals surface area (Å²) in [5.41, 5.74) is 1.13. The van der Waals surface area contributed by atoms with Gasteiger partial charge in [0, 0.05) is 10.0 Å². The van der Waals surface area contributed by atoms with Crippen molar-refractivity contribution in [3.63, 3.8) is 0 Å². The first-order valence-corrected chi connectivity index (χ1v) is 9.02. The van der Waals surface area contributed by atoms with Crippen molar-refractivity contribution in [2.45, 2.75) is 20.8 Å². The molecule has 2 rings (SSSR count). The van der Waals surface area contributed by atoms with Gasteiger partial charge in [-0.15, -0.1) is 0 Å². The second kappa shape index (κ2) is 9.32. The van der Waals surface area contributed by atoms with Crippen LogP contribution in [0.2, 0.25) is 0 Å². The van der Waals surface area contributed by atoms with Gasteiger partial charge in [-0.2, -0.15) is 0 Å². The molecule has 0 aliphatic carbocycles. The minimum Gasteiger partial charge on any atom is -0.490 e. The number of para-hydroxylation sites is 1. The fourth-order valence-electron chi connectivity index (χ4n) is 2.28. The Balaban J connectivity index is 2.39.